The second kappa shape index (κ2) is 7.04. The summed E-state index contributed by atoms with van der Waals surface area (Å²) in [5, 5.41) is 16.1. The molecule has 6 heteroatoms. The number of hydrogen-bond acceptors (Lipinski definition) is 4. The monoisotopic (exact) mass is 310 g/mol. The number of carbonyl (C=O) groups excluding carboxylic acids is 1. The lowest BCUT2D eigenvalue weighted by Crippen LogP contribution is -2.11. The van der Waals surface area contributed by atoms with E-state index >= 15 is 0 Å². The molecule has 0 bridgehead atoms. The van der Waals surface area contributed by atoms with Crippen LogP contribution in [0.25, 0.3) is 6.08 Å². The molecule has 23 heavy (non-hydrogen) atoms. The molecule has 0 atom stereocenters. The van der Waals surface area contributed by atoms with Gasteiger partial charge in [0.15, 0.2) is 0 Å². The zero-order chi connectivity index (χ0) is 16.8. The molecule has 0 saturated carbocycles. The average molecular weight is 310 g/mol. The SMILES string of the molecule is N=C(N)c1ccc(OC(=O)/C=C/c2ccc(C(=O)O)cc2)cc1. The molecular weight excluding hydrogens is 296 g/mol. The summed E-state index contributed by atoms with van der Waals surface area (Å²) in [6, 6.07) is 12.3. The van der Waals surface area contributed by atoms with Crippen LogP contribution in [0, 0.1) is 5.41 Å². The van der Waals surface area contributed by atoms with Gasteiger partial charge in [-0.2, -0.15) is 0 Å². The van der Waals surface area contributed by atoms with Gasteiger partial charge in [-0.3, -0.25) is 5.41 Å². The fraction of sp³-hybridized carbons (Fsp3) is 0. The Balaban J connectivity index is 1.98. The molecule has 0 aliphatic carbocycles. The first kappa shape index (κ1) is 16.0. The normalized spacial score (nSPS) is 10.4. The summed E-state index contributed by atoms with van der Waals surface area (Å²) in [4.78, 5) is 22.4. The highest BCUT2D eigenvalue weighted by atomic mass is 16.5. The van der Waals surface area contributed by atoms with Gasteiger partial charge < -0.3 is 15.6 Å². The van der Waals surface area contributed by atoms with Gasteiger partial charge in [0.25, 0.3) is 0 Å². The van der Waals surface area contributed by atoms with Crippen molar-refractivity contribution >= 4 is 23.9 Å². The Morgan fingerprint density at radius 2 is 1.57 bits per heavy atom. The van der Waals surface area contributed by atoms with Crippen LogP contribution in [-0.2, 0) is 4.79 Å². The largest absolute Gasteiger partial charge is 0.478 e. The molecule has 2 rings (SSSR count). The standard InChI is InChI=1S/C17H14N2O4/c18-16(19)12-6-8-14(9-7-12)23-15(20)10-3-11-1-4-13(5-2-11)17(21)22/h1-10H,(H3,18,19)(H,21,22)/b10-3+. The van der Waals surface area contributed by atoms with Gasteiger partial charge >= 0.3 is 11.9 Å². The van der Waals surface area contributed by atoms with Crippen molar-refractivity contribution in [2.24, 2.45) is 5.73 Å². The van der Waals surface area contributed by atoms with Crippen LogP contribution in [0.5, 0.6) is 5.75 Å². The van der Waals surface area contributed by atoms with Gasteiger partial charge in [0.05, 0.1) is 5.56 Å². The van der Waals surface area contributed by atoms with Gasteiger partial charge in [0.2, 0.25) is 0 Å². The summed E-state index contributed by atoms with van der Waals surface area (Å²) in [5.74, 6) is -1.30. The summed E-state index contributed by atoms with van der Waals surface area (Å²) in [6.07, 6.45) is 2.77. The van der Waals surface area contributed by atoms with Crippen LogP contribution < -0.4 is 10.5 Å². The Kier molecular flexibility index (Phi) is 4.89. The Labute approximate surface area is 132 Å². The van der Waals surface area contributed by atoms with E-state index in [0.29, 0.717) is 16.9 Å². The molecule has 2 aromatic carbocycles. The molecule has 2 aromatic rings. The van der Waals surface area contributed by atoms with Crippen molar-refractivity contribution in [1.29, 1.82) is 5.41 Å². The lowest BCUT2D eigenvalue weighted by atomic mass is 10.1. The van der Waals surface area contributed by atoms with E-state index in [1.54, 1.807) is 36.4 Å². The average Bonchev–Trinajstić information content (AvgIpc) is 2.54. The maximum atomic E-state index is 11.7. The second-order valence-corrected chi connectivity index (χ2v) is 4.62. The molecule has 0 radical (unpaired) electrons. The number of aromatic carboxylic acids is 1. The Morgan fingerprint density at radius 3 is 2.09 bits per heavy atom. The number of carboxylic acids is 1. The third-order valence-corrected chi connectivity index (χ3v) is 2.95. The van der Waals surface area contributed by atoms with Gasteiger partial charge in [-0.05, 0) is 48.0 Å². The summed E-state index contributed by atoms with van der Waals surface area (Å²) < 4.78 is 5.10. The minimum atomic E-state index is -1.01. The Morgan fingerprint density at radius 1 is 1.00 bits per heavy atom. The highest BCUT2D eigenvalue weighted by molar-refractivity contribution is 5.95. The van der Waals surface area contributed by atoms with E-state index in [9.17, 15) is 9.59 Å². The minimum absolute atomic E-state index is 0.0624. The molecule has 6 nitrogen and oxygen atoms in total. The first-order valence-corrected chi connectivity index (χ1v) is 6.63. The molecule has 0 saturated heterocycles. The first-order valence-electron chi connectivity index (χ1n) is 6.63. The van der Waals surface area contributed by atoms with E-state index in [0.717, 1.165) is 0 Å². The highest BCUT2D eigenvalue weighted by Gasteiger charge is 2.03. The number of carbonyl (C=O) groups is 2. The van der Waals surface area contributed by atoms with Crippen molar-refractivity contribution in [3.05, 3.63) is 71.3 Å². The highest BCUT2D eigenvalue weighted by Crippen LogP contribution is 2.13. The van der Waals surface area contributed by atoms with Gasteiger partial charge in [-0.1, -0.05) is 12.1 Å². The number of hydrogen-bond donors (Lipinski definition) is 3. The van der Waals surface area contributed by atoms with Crippen LogP contribution in [0.2, 0.25) is 0 Å². The summed E-state index contributed by atoms with van der Waals surface area (Å²) in [7, 11) is 0. The van der Waals surface area contributed by atoms with Crippen molar-refractivity contribution in [1.82, 2.24) is 0 Å². The molecule has 0 heterocycles. The number of carboxylic acid groups (broad SMARTS) is 1. The fourth-order valence-electron chi connectivity index (χ4n) is 1.75. The third kappa shape index (κ3) is 4.53. The van der Waals surface area contributed by atoms with E-state index in [1.165, 1.54) is 24.3 Å². The van der Waals surface area contributed by atoms with Crippen molar-refractivity contribution in [2.45, 2.75) is 0 Å². The molecule has 0 unspecified atom stereocenters. The molecule has 116 valence electrons. The molecule has 0 aliphatic heterocycles. The molecular formula is C17H14N2O4. The molecule has 0 fully saturated rings. The second-order valence-electron chi connectivity index (χ2n) is 4.62. The zero-order valence-electron chi connectivity index (χ0n) is 12.0. The number of ether oxygens (including phenoxy) is 1. The maximum Gasteiger partial charge on any atom is 0.336 e. The van der Waals surface area contributed by atoms with Crippen molar-refractivity contribution in [2.75, 3.05) is 0 Å². The molecule has 4 N–H and O–H groups in total. The number of nitrogen functional groups attached to an aromatic ring is 1. The number of esters is 1. The Bertz CT molecular complexity index is 762. The quantitative estimate of drug-likeness (QED) is 0.258. The minimum Gasteiger partial charge on any atom is -0.478 e. The fourth-order valence-corrected chi connectivity index (χ4v) is 1.75. The summed E-state index contributed by atoms with van der Waals surface area (Å²) in [5.41, 5.74) is 6.73. The number of nitrogens with two attached hydrogens (primary N) is 1. The first-order chi connectivity index (χ1) is 11.0. The molecule has 0 aromatic heterocycles. The van der Waals surface area contributed by atoms with E-state index in [4.69, 9.17) is 21.0 Å². The Hall–Kier alpha value is -3.41. The molecule has 0 aliphatic rings. The van der Waals surface area contributed by atoms with Crippen molar-refractivity contribution in [3.8, 4) is 5.75 Å². The number of rotatable bonds is 5. The van der Waals surface area contributed by atoms with Crippen LogP contribution in [0.3, 0.4) is 0 Å². The number of benzene rings is 2. The van der Waals surface area contributed by atoms with Crippen molar-refractivity contribution < 1.29 is 19.4 Å². The van der Waals surface area contributed by atoms with Gasteiger partial charge in [-0.15, -0.1) is 0 Å². The zero-order valence-corrected chi connectivity index (χ0v) is 12.0. The van der Waals surface area contributed by atoms with E-state index in [-0.39, 0.29) is 11.4 Å². The van der Waals surface area contributed by atoms with Gasteiger partial charge in [0.1, 0.15) is 11.6 Å². The van der Waals surface area contributed by atoms with Crippen LogP contribution in [0.4, 0.5) is 0 Å². The summed E-state index contributed by atoms with van der Waals surface area (Å²) in [6.45, 7) is 0. The van der Waals surface area contributed by atoms with E-state index in [1.807, 2.05) is 0 Å². The molecule has 0 amide bonds. The van der Waals surface area contributed by atoms with Crippen LogP contribution in [0.15, 0.2) is 54.6 Å². The lowest BCUT2D eigenvalue weighted by molar-refractivity contribution is -0.128. The van der Waals surface area contributed by atoms with Gasteiger partial charge in [0, 0.05) is 11.6 Å². The number of nitrogens with one attached hydrogen (secondary N) is 1. The number of amidine groups is 1. The van der Waals surface area contributed by atoms with Crippen LogP contribution in [-0.4, -0.2) is 22.9 Å². The molecule has 0 spiro atoms. The topological polar surface area (TPSA) is 113 Å². The van der Waals surface area contributed by atoms with Crippen LogP contribution >= 0.6 is 0 Å². The van der Waals surface area contributed by atoms with E-state index < -0.39 is 11.9 Å². The predicted molar refractivity (Wildman–Crippen MR) is 85.5 cm³/mol. The van der Waals surface area contributed by atoms with Gasteiger partial charge in [-0.25, -0.2) is 9.59 Å². The lowest BCUT2D eigenvalue weighted by Gasteiger charge is -2.02. The van der Waals surface area contributed by atoms with Crippen molar-refractivity contribution in [3.63, 3.8) is 0 Å². The maximum absolute atomic E-state index is 11.7. The van der Waals surface area contributed by atoms with Crippen LogP contribution in [0.1, 0.15) is 21.5 Å². The predicted octanol–water partition coefficient (Wildman–Crippen LogP) is 2.29. The third-order valence-electron chi connectivity index (χ3n) is 2.95. The summed E-state index contributed by atoms with van der Waals surface area (Å²) >= 11 is 0. The van der Waals surface area contributed by atoms with E-state index in [2.05, 4.69) is 0 Å². The smallest absolute Gasteiger partial charge is 0.336 e.